The molecule has 0 N–H and O–H groups in total. The number of ketones is 1. The Kier molecular flexibility index (Phi) is 2.62. The van der Waals surface area contributed by atoms with Crippen molar-refractivity contribution in [1.82, 2.24) is 9.80 Å². The summed E-state index contributed by atoms with van der Waals surface area (Å²) in [7, 11) is 2.14. The molecule has 0 aromatic carbocycles. The SMILES string of the molecule is CCN1CCC(=O)C12CCN(C)CC2. The number of likely N-dealkylation sites (N-methyl/N-ethyl adjacent to an activating group) is 1. The predicted molar refractivity (Wildman–Crippen MR) is 56.3 cm³/mol. The molecule has 14 heavy (non-hydrogen) atoms. The molecule has 2 rings (SSSR count). The van der Waals surface area contributed by atoms with Crippen molar-refractivity contribution in [3.8, 4) is 0 Å². The van der Waals surface area contributed by atoms with Crippen LogP contribution in [0.15, 0.2) is 0 Å². The van der Waals surface area contributed by atoms with Crippen LogP contribution in [-0.4, -0.2) is 54.3 Å². The van der Waals surface area contributed by atoms with Gasteiger partial charge in [0.1, 0.15) is 0 Å². The maximum absolute atomic E-state index is 12.0. The molecule has 80 valence electrons. The molecule has 2 heterocycles. The zero-order chi connectivity index (χ0) is 10.2. The fourth-order valence-electron chi connectivity index (χ4n) is 2.90. The van der Waals surface area contributed by atoms with Gasteiger partial charge in [-0.05, 0) is 26.4 Å². The van der Waals surface area contributed by atoms with Crippen LogP contribution >= 0.6 is 0 Å². The first-order valence-electron chi connectivity index (χ1n) is 5.66. The van der Waals surface area contributed by atoms with E-state index in [2.05, 4.69) is 23.8 Å². The number of rotatable bonds is 1. The molecule has 0 unspecified atom stereocenters. The van der Waals surface area contributed by atoms with Gasteiger partial charge in [0.25, 0.3) is 0 Å². The number of Topliss-reactive ketones (excluding diaryl/α,β-unsaturated/α-hetero) is 1. The van der Waals surface area contributed by atoms with E-state index in [0.717, 1.165) is 45.4 Å². The van der Waals surface area contributed by atoms with Crippen molar-refractivity contribution < 1.29 is 4.79 Å². The largest absolute Gasteiger partial charge is 0.306 e. The first-order valence-corrected chi connectivity index (χ1v) is 5.66. The molecule has 2 fully saturated rings. The van der Waals surface area contributed by atoms with E-state index in [1.54, 1.807) is 0 Å². The third-order valence-electron chi connectivity index (χ3n) is 3.93. The average molecular weight is 196 g/mol. The first-order chi connectivity index (χ1) is 6.69. The topological polar surface area (TPSA) is 23.6 Å². The van der Waals surface area contributed by atoms with Crippen LogP contribution in [0.2, 0.25) is 0 Å². The lowest BCUT2D eigenvalue weighted by molar-refractivity contribution is -0.127. The summed E-state index contributed by atoms with van der Waals surface area (Å²) in [5.41, 5.74) is -0.0682. The summed E-state index contributed by atoms with van der Waals surface area (Å²) >= 11 is 0. The number of hydrogen-bond acceptors (Lipinski definition) is 3. The average Bonchev–Trinajstić information content (AvgIpc) is 2.49. The highest BCUT2D eigenvalue weighted by Crippen LogP contribution is 2.35. The lowest BCUT2D eigenvalue weighted by atomic mass is 9.84. The summed E-state index contributed by atoms with van der Waals surface area (Å²) in [6.45, 7) is 6.32. The molecule has 0 aromatic rings. The maximum Gasteiger partial charge on any atom is 0.154 e. The van der Waals surface area contributed by atoms with Gasteiger partial charge in [0.05, 0.1) is 5.54 Å². The second-order valence-electron chi connectivity index (χ2n) is 4.59. The van der Waals surface area contributed by atoms with Crippen molar-refractivity contribution in [3.05, 3.63) is 0 Å². The molecule has 0 bridgehead atoms. The predicted octanol–water partition coefficient (Wildman–Crippen LogP) is 0.745. The third kappa shape index (κ3) is 1.39. The molecule has 0 amide bonds. The number of likely N-dealkylation sites (tertiary alicyclic amines) is 2. The molecule has 0 aliphatic carbocycles. The third-order valence-corrected chi connectivity index (χ3v) is 3.93. The number of nitrogens with zero attached hydrogens (tertiary/aromatic N) is 2. The minimum Gasteiger partial charge on any atom is -0.306 e. The minimum atomic E-state index is -0.0682. The molecule has 0 aromatic heterocycles. The summed E-state index contributed by atoms with van der Waals surface area (Å²) in [4.78, 5) is 16.7. The quantitative estimate of drug-likeness (QED) is 0.618. The Balaban J connectivity index is 2.15. The van der Waals surface area contributed by atoms with Gasteiger partial charge in [0.15, 0.2) is 5.78 Å². The maximum atomic E-state index is 12.0. The van der Waals surface area contributed by atoms with Gasteiger partial charge in [-0.2, -0.15) is 0 Å². The highest BCUT2D eigenvalue weighted by molar-refractivity contribution is 5.90. The zero-order valence-electron chi connectivity index (χ0n) is 9.25. The monoisotopic (exact) mass is 196 g/mol. The Labute approximate surface area is 86.1 Å². The van der Waals surface area contributed by atoms with Crippen molar-refractivity contribution in [1.29, 1.82) is 0 Å². The van der Waals surface area contributed by atoms with Gasteiger partial charge >= 0.3 is 0 Å². The highest BCUT2D eigenvalue weighted by Gasteiger charge is 2.48. The minimum absolute atomic E-state index is 0.0682. The van der Waals surface area contributed by atoms with Crippen LogP contribution < -0.4 is 0 Å². The van der Waals surface area contributed by atoms with Crippen LogP contribution in [0.3, 0.4) is 0 Å². The van der Waals surface area contributed by atoms with E-state index in [1.807, 2.05) is 0 Å². The van der Waals surface area contributed by atoms with Crippen molar-refractivity contribution in [2.45, 2.75) is 31.7 Å². The van der Waals surface area contributed by atoms with Crippen molar-refractivity contribution in [2.24, 2.45) is 0 Å². The van der Waals surface area contributed by atoms with Crippen LogP contribution in [0.5, 0.6) is 0 Å². The Bertz CT molecular complexity index is 231. The first kappa shape index (κ1) is 10.1. The van der Waals surface area contributed by atoms with Gasteiger partial charge in [-0.15, -0.1) is 0 Å². The summed E-state index contributed by atoms with van der Waals surface area (Å²) in [6, 6.07) is 0. The van der Waals surface area contributed by atoms with E-state index in [0.29, 0.717) is 5.78 Å². The molecule has 3 nitrogen and oxygen atoms in total. The molecular weight excluding hydrogens is 176 g/mol. The van der Waals surface area contributed by atoms with Gasteiger partial charge in [-0.1, -0.05) is 6.92 Å². The van der Waals surface area contributed by atoms with E-state index < -0.39 is 0 Å². The standard InChI is InChI=1S/C11H20N2O/c1-3-13-7-4-10(14)11(13)5-8-12(2)9-6-11/h3-9H2,1-2H3. The Hall–Kier alpha value is -0.410. The molecule has 0 atom stereocenters. The molecule has 3 heteroatoms. The fourth-order valence-corrected chi connectivity index (χ4v) is 2.90. The van der Waals surface area contributed by atoms with E-state index in [4.69, 9.17) is 0 Å². The number of hydrogen-bond donors (Lipinski definition) is 0. The van der Waals surface area contributed by atoms with Crippen LogP contribution in [0.25, 0.3) is 0 Å². The van der Waals surface area contributed by atoms with Gasteiger partial charge in [0.2, 0.25) is 0 Å². The Morgan fingerprint density at radius 2 is 1.93 bits per heavy atom. The number of piperidine rings is 1. The van der Waals surface area contributed by atoms with Crippen LogP contribution in [0.4, 0.5) is 0 Å². The smallest absolute Gasteiger partial charge is 0.154 e. The van der Waals surface area contributed by atoms with Gasteiger partial charge in [0, 0.05) is 26.1 Å². The lowest BCUT2D eigenvalue weighted by Crippen LogP contribution is -2.54. The molecule has 2 saturated heterocycles. The summed E-state index contributed by atoms with van der Waals surface area (Å²) in [5.74, 6) is 0.493. The van der Waals surface area contributed by atoms with E-state index in [9.17, 15) is 4.79 Å². The van der Waals surface area contributed by atoms with Gasteiger partial charge < -0.3 is 4.90 Å². The number of carbonyl (C=O) groups is 1. The van der Waals surface area contributed by atoms with E-state index in [1.165, 1.54) is 0 Å². The van der Waals surface area contributed by atoms with Crippen LogP contribution in [0, 0.1) is 0 Å². The zero-order valence-corrected chi connectivity index (χ0v) is 9.25. The second kappa shape index (κ2) is 3.63. The van der Waals surface area contributed by atoms with Gasteiger partial charge in [-0.3, -0.25) is 9.69 Å². The molecule has 0 radical (unpaired) electrons. The Morgan fingerprint density at radius 3 is 2.50 bits per heavy atom. The van der Waals surface area contributed by atoms with E-state index >= 15 is 0 Å². The summed E-state index contributed by atoms with van der Waals surface area (Å²) < 4.78 is 0. The van der Waals surface area contributed by atoms with Gasteiger partial charge in [-0.25, -0.2) is 0 Å². The highest BCUT2D eigenvalue weighted by atomic mass is 16.1. The summed E-state index contributed by atoms with van der Waals surface area (Å²) in [5, 5.41) is 0. The van der Waals surface area contributed by atoms with Crippen molar-refractivity contribution in [2.75, 3.05) is 33.2 Å². The number of carbonyl (C=O) groups excluding carboxylic acids is 1. The molecule has 2 aliphatic rings. The molecule has 2 aliphatic heterocycles. The molecule has 1 spiro atoms. The van der Waals surface area contributed by atoms with Crippen molar-refractivity contribution in [3.63, 3.8) is 0 Å². The Morgan fingerprint density at radius 1 is 1.29 bits per heavy atom. The normalized spacial score (nSPS) is 28.9. The summed E-state index contributed by atoms with van der Waals surface area (Å²) in [6.07, 6.45) is 2.85. The fraction of sp³-hybridized carbons (Fsp3) is 0.909. The van der Waals surface area contributed by atoms with Crippen LogP contribution in [-0.2, 0) is 4.79 Å². The lowest BCUT2D eigenvalue weighted by Gasteiger charge is -2.42. The molecular formula is C11H20N2O. The van der Waals surface area contributed by atoms with Crippen molar-refractivity contribution >= 4 is 5.78 Å². The molecule has 0 saturated carbocycles. The second-order valence-corrected chi connectivity index (χ2v) is 4.59. The van der Waals surface area contributed by atoms with Crippen LogP contribution in [0.1, 0.15) is 26.2 Å². The van der Waals surface area contributed by atoms with E-state index in [-0.39, 0.29) is 5.54 Å².